The Morgan fingerprint density at radius 2 is 1.79 bits per heavy atom. The fourth-order valence-electron chi connectivity index (χ4n) is 6.50. The maximum absolute atomic E-state index is 14.2. The number of halogens is 1. The first-order chi connectivity index (χ1) is 20.6. The number of nitrogens with one attached hydrogen (secondary N) is 3. The molecule has 0 saturated heterocycles. The van der Waals surface area contributed by atoms with Crippen LogP contribution in [-0.2, 0) is 19.9 Å². The number of fused-ring (bicyclic) bond motifs is 1. The van der Waals surface area contributed by atoms with Crippen molar-refractivity contribution in [3.63, 3.8) is 0 Å². The van der Waals surface area contributed by atoms with Gasteiger partial charge >= 0.3 is 0 Å². The highest BCUT2D eigenvalue weighted by molar-refractivity contribution is 6.10. The second-order valence-electron chi connectivity index (χ2n) is 12.0. The SMILES string of the molecule is COC1(c2cc(F)c[nH]c2=O)C(=O)N(C)c2cc(NC(=O)[C@@H](NC(=O)c3ccnn3C(C)C)C(C3CC3)C3CC3)ccc21. The van der Waals surface area contributed by atoms with Gasteiger partial charge in [0, 0.05) is 43.8 Å². The van der Waals surface area contributed by atoms with E-state index in [1.165, 1.54) is 19.1 Å². The van der Waals surface area contributed by atoms with Crippen molar-refractivity contribution in [3.8, 4) is 0 Å². The highest BCUT2D eigenvalue weighted by Gasteiger charge is 2.54. The van der Waals surface area contributed by atoms with Crippen molar-refractivity contribution in [2.75, 3.05) is 24.4 Å². The molecule has 0 spiro atoms. The van der Waals surface area contributed by atoms with E-state index in [0.717, 1.165) is 37.9 Å². The van der Waals surface area contributed by atoms with E-state index in [1.54, 1.807) is 35.1 Å². The predicted octanol–water partition coefficient (Wildman–Crippen LogP) is 3.33. The summed E-state index contributed by atoms with van der Waals surface area (Å²) in [5, 5.41) is 10.3. The lowest BCUT2D eigenvalue weighted by atomic mass is 9.87. The molecular weight excluding hydrogens is 555 g/mol. The Morgan fingerprint density at radius 1 is 1.09 bits per heavy atom. The molecule has 3 aliphatic rings. The second-order valence-corrected chi connectivity index (χ2v) is 12.0. The van der Waals surface area contributed by atoms with Crippen LogP contribution in [-0.4, -0.2) is 52.7 Å². The molecule has 11 nitrogen and oxygen atoms in total. The Balaban J connectivity index is 1.32. The van der Waals surface area contributed by atoms with Crippen LogP contribution >= 0.6 is 0 Å². The average molecular weight is 591 g/mol. The number of carbonyl (C=O) groups is 3. The van der Waals surface area contributed by atoms with Crippen LogP contribution in [0.5, 0.6) is 0 Å². The number of carbonyl (C=O) groups excluding carboxylic acids is 3. The van der Waals surface area contributed by atoms with Gasteiger partial charge in [-0.05, 0) is 81.5 Å². The normalized spacial score (nSPS) is 20.4. The third-order valence-corrected chi connectivity index (χ3v) is 8.84. The molecular formula is C31H35FN6O5. The van der Waals surface area contributed by atoms with Crippen LogP contribution in [0.15, 0.2) is 47.5 Å². The Hall–Kier alpha value is -4.32. The maximum Gasteiger partial charge on any atom is 0.270 e. The Kier molecular flexibility index (Phi) is 7.19. The summed E-state index contributed by atoms with van der Waals surface area (Å²) in [5.41, 5.74) is -1.16. The van der Waals surface area contributed by atoms with Gasteiger partial charge in [0.15, 0.2) is 0 Å². The van der Waals surface area contributed by atoms with E-state index in [9.17, 15) is 23.6 Å². The summed E-state index contributed by atoms with van der Waals surface area (Å²) in [7, 11) is 2.81. The van der Waals surface area contributed by atoms with Crippen molar-refractivity contribution in [2.45, 2.75) is 57.2 Å². The lowest BCUT2D eigenvalue weighted by molar-refractivity contribution is -0.135. The quantitative estimate of drug-likeness (QED) is 0.331. The largest absolute Gasteiger partial charge is 0.359 e. The number of methoxy groups -OCH3 is 1. The Labute approximate surface area is 247 Å². The number of hydrogen-bond donors (Lipinski definition) is 3. The van der Waals surface area contributed by atoms with Gasteiger partial charge in [0.05, 0.1) is 11.3 Å². The molecule has 43 heavy (non-hydrogen) atoms. The van der Waals surface area contributed by atoms with Crippen LogP contribution < -0.4 is 21.1 Å². The average Bonchev–Trinajstić information content (AvgIpc) is 3.93. The van der Waals surface area contributed by atoms with E-state index in [4.69, 9.17) is 4.74 Å². The van der Waals surface area contributed by atoms with Gasteiger partial charge in [-0.25, -0.2) is 4.39 Å². The van der Waals surface area contributed by atoms with Crippen LogP contribution in [0.25, 0.3) is 0 Å². The molecule has 1 unspecified atom stereocenters. The smallest absolute Gasteiger partial charge is 0.270 e. The summed E-state index contributed by atoms with van der Waals surface area (Å²) in [4.78, 5) is 57.3. The molecule has 3 heterocycles. The van der Waals surface area contributed by atoms with Crippen LogP contribution in [0.2, 0.25) is 0 Å². The summed E-state index contributed by atoms with van der Waals surface area (Å²) in [5.74, 6) is -1.24. The Morgan fingerprint density at radius 3 is 2.42 bits per heavy atom. The highest BCUT2D eigenvalue weighted by Crippen LogP contribution is 2.51. The summed E-state index contributed by atoms with van der Waals surface area (Å²) >= 11 is 0. The zero-order valence-corrected chi connectivity index (χ0v) is 24.5. The summed E-state index contributed by atoms with van der Waals surface area (Å²) in [6.07, 6.45) is 6.58. The molecule has 3 aromatic rings. The molecule has 1 aliphatic heterocycles. The number of pyridine rings is 1. The number of hydrogen-bond acceptors (Lipinski definition) is 6. The van der Waals surface area contributed by atoms with E-state index in [-0.39, 0.29) is 29.3 Å². The van der Waals surface area contributed by atoms with Crippen molar-refractivity contribution < 1.29 is 23.5 Å². The Bertz CT molecular complexity index is 1650. The minimum atomic E-state index is -1.86. The number of H-pyrrole nitrogens is 1. The number of aromatic nitrogens is 3. The van der Waals surface area contributed by atoms with Crippen LogP contribution in [0.4, 0.5) is 15.8 Å². The topological polar surface area (TPSA) is 138 Å². The van der Waals surface area contributed by atoms with Crippen molar-refractivity contribution in [1.29, 1.82) is 0 Å². The van der Waals surface area contributed by atoms with Gasteiger partial charge in [0.25, 0.3) is 17.4 Å². The number of benzene rings is 1. The molecule has 0 bridgehead atoms. The van der Waals surface area contributed by atoms with E-state index in [0.29, 0.717) is 34.5 Å². The lowest BCUT2D eigenvalue weighted by Crippen LogP contribution is -2.50. The number of likely N-dealkylation sites (N-methyl/N-ethyl adjacent to an activating group) is 1. The lowest BCUT2D eigenvalue weighted by Gasteiger charge is -2.28. The predicted molar refractivity (Wildman–Crippen MR) is 156 cm³/mol. The maximum atomic E-state index is 14.2. The van der Waals surface area contributed by atoms with Gasteiger partial charge in [0.2, 0.25) is 11.5 Å². The minimum Gasteiger partial charge on any atom is -0.359 e. The van der Waals surface area contributed by atoms with E-state index < -0.39 is 28.9 Å². The molecule has 2 fully saturated rings. The monoisotopic (exact) mass is 590 g/mol. The molecule has 2 saturated carbocycles. The van der Waals surface area contributed by atoms with Crippen molar-refractivity contribution in [2.24, 2.45) is 17.8 Å². The van der Waals surface area contributed by atoms with Gasteiger partial charge in [-0.15, -0.1) is 0 Å². The van der Waals surface area contributed by atoms with Gasteiger partial charge in [0.1, 0.15) is 17.6 Å². The van der Waals surface area contributed by atoms with E-state index in [1.807, 2.05) is 13.8 Å². The molecule has 6 rings (SSSR count). The number of aromatic amines is 1. The summed E-state index contributed by atoms with van der Waals surface area (Å²) in [6, 6.07) is 6.67. The molecule has 2 aromatic heterocycles. The molecule has 12 heteroatoms. The number of rotatable bonds is 10. The van der Waals surface area contributed by atoms with Crippen molar-refractivity contribution >= 4 is 29.1 Å². The fraction of sp³-hybridized carbons (Fsp3) is 0.452. The van der Waals surface area contributed by atoms with Gasteiger partial charge in [-0.1, -0.05) is 6.07 Å². The van der Waals surface area contributed by atoms with E-state index in [2.05, 4.69) is 20.7 Å². The summed E-state index contributed by atoms with van der Waals surface area (Å²) < 4.78 is 21.5. The van der Waals surface area contributed by atoms with Crippen LogP contribution in [0, 0.1) is 23.6 Å². The molecule has 3 amide bonds. The fourth-order valence-corrected chi connectivity index (χ4v) is 6.50. The van der Waals surface area contributed by atoms with E-state index >= 15 is 0 Å². The van der Waals surface area contributed by atoms with Crippen molar-refractivity contribution in [1.82, 2.24) is 20.1 Å². The number of nitrogens with zero attached hydrogens (tertiary/aromatic N) is 3. The molecule has 226 valence electrons. The zero-order chi connectivity index (χ0) is 30.6. The third-order valence-electron chi connectivity index (χ3n) is 8.84. The molecule has 3 N–H and O–H groups in total. The first-order valence-electron chi connectivity index (χ1n) is 14.6. The first-order valence-corrected chi connectivity index (χ1v) is 14.6. The number of anilines is 2. The summed E-state index contributed by atoms with van der Waals surface area (Å²) in [6.45, 7) is 3.87. The second kappa shape index (κ2) is 10.7. The van der Waals surface area contributed by atoms with Crippen LogP contribution in [0.3, 0.4) is 0 Å². The molecule has 0 radical (unpaired) electrons. The van der Waals surface area contributed by atoms with Gasteiger partial charge in [-0.2, -0.15) is 5.10 Å². The van der Waals surface area contributed by atoms with Gasteiger partial charge < -0.3 is 25.3 Å². The number of ether oxygens (including phenoxy) is 1. The van der Waals surface area contributed by atoms with Crippen molar-refractivity contribution in [3.05, 3.63) is 75.7 Å². The third kappa shape index (κ3) is 4.93. The number of amides is 3. The standard InChI is InChI=1S/C31H35FN6O5/c1-16(2)38-23(11-12-34-38)28(40)36-26(25(17-5-6-17)18-7-8-18)29(41)35-20-9-10-21-24(14-20)37(3)30(42)31(21,43-4)22-13-19(32)15-33-27(22)39/h9-18,25-26H,5-8H2,1-4H3,(H,33,39)(H,35,41)(H,36,40)/t26-,31?/m0/s1. The van der Waals surface area contributed by atoms with Gasteiger partial charge in [-0.3, -0.25) is 23.9 Å². The minimum absolute atomic E-state index is 0.0129. The van der Waals surface area contributed by atoms with Crippen LogP contribution in [0.1, 0.15) is 67.2 Å². The highest BCUT2D eigenvalue weighted by atomic mass is 19.1. The molecule has 2 aliphatic carbocycles. The molecule has 1 aromatic carbocycles. The first kappa shape index (κ1) is 28.8. The zero-order valence-electron chi connectivity index (χ0n) is 24.5. The molecule has 2 atom stereocenters.